The molecule has 1 heterocycles. The van der Waals surface area contributed by atoms with Crippen molar-refractivity contribution in [3.63, 3.8) is 0 Å². The molecule has 4 N–H and O–H groups in total. The van der Waals surface area contributed by atoms with E-state index in [-0.39, 0.29) is 33.7 Å². The zero-order valence-corrected chi connectivity index (χ0v) is 22.4. The van der Waals surface area contributed by atoms with Crippen LogP contribution < -0.4 is 5.73 Å². The summed E-state index contributed by atoms with van der Waals surface area (Å²) >= 11 is 0. The van der Waals surface area contributed by atoms with Crippen molar-refractivity contribution in [1.29, 1.82) is 0 Å². The van der Waals surface area contributed by atoms with Crippen molar-refractivity contribution < 1.29 is 22.6 Å². The summed E-state index contributed by atoms with van der Waals surface area (Å²) in [7, 11) is -4.84. The first kappa shape index (κ1) is 26.6. The van der Waals surface area contributed by atoms with E-state index in [1.807, 2.05) is 19.1 Å². The molecule has 1 aromatic heterocycles. The maximum Gasteiger partial charge on any atom is 0.296 e. The van der Waals surface area contributed by atoms with Crippen LogP contribution in [0.2, 0.25) is 0 Å². The summed E-state index contributed by atoms with van der Waals surface area (Å²) in [4.78, 5) is 3.54. The number of fused-ring (bicyclic) bond motifs is 1. The third kappa shape index (κ3) is 5.15. The van der Waals surface area contributed by atoms with Gasteiger partial charge < -0.3 is 15.4 Å². The number of hydrogen-bond donors (Lipinski definition) is 3. The first-order chi connectivity index (χ1) is 19.0. The van der Waals surface area contributed by atoms with Crippen LogP contribution in [0.25, 0.3) is 22.2 Å². The fraction of sp³-hybridized carbons (Fsp3) is 0.111. The molecule has 0 radical (unpaired) electrons. The molecule has 5 rings (SSSR count). The normalized spacial score (nSPS) is 12.2. The van der Waals surface area contributed by atoms with Crippen LogP contribution in [0.15, 0.2) is 90.5 Å². The molecule has 13 heteroatoms. The van der Waals surface area contributed by atoms with E-state index >= 15 is 0 Å². The van der Waals surface area contributed by atoms with Gasteiger partial charge in [-0.25, -0.2) is 0 Å². The van der Waals surface area contributed by atoms with E-state index in [4.69, 9.17) is 10.3 Å². The van der Waals surface area contributed by atoms with Crippen LogP contribution in [-0.4, -0.2) is 28.2 Å². The molecule has 12 nitrogen and oxygen atoms in total. The lowest BCUT2D eigenvalue weighted by Gasteiger charge is -2.14. The molecular weight excluding hydrogens is 534 g/mol. The number of aryl methyl sites for hydroxylation is 3. The Morgan fingerprint density at radius 1 is 0.900 bits per heavy atom. The molecule has 0 aliphatic carbocycles. The standard InChI is InChI=1S/C27H23N7O5S/c1-14-8-10-17(11-9-14)30-32-21-12-15(2)19-13-22(40(36,37)38)25(26(35)23(19)24(21)28)33-31-20-7-5-4-6-18(20)27-29-16(3)34-39-27/h4-13,35H,28H2,1-3H3,(H,36,37,38). The van der Waals surface area contributed by atoms with Gasteiger partial charge in [-0.3, -0.25) is 4.55 Å². The number of nitrogens with zero attached hydrogens (tertiary/aromatic N) is 6. The third-order valence-corrected chi connectivity index (χ3v) is 6.93. The molecule has 0 saturated heterocycles. The van der Waals surface area contributed by atoms with E-state index in [9.17, 15) is 18.1 Å². The summed E-state index contributed by atoms with van der Waals surface area (Å²) in [5.41, 5.74) is 9.03. The number of nitrogen functional groups attached to an aromatic ring is 1. The minimum atomic E-state index is -4.84. The SMILES string of the molecule is Cc1ccc(N=Nc2cc(C)c3cc(S(=O)(=O)O)c(N=Nc4ccccc4-c4nc(C)no4)c(O)c3c2N)cc1. The zero-order chi connectivity index (χ0) is 28.6. The molecule has 0 bridgehead atoms. The minimum Gasteiger partial charge on any atom is -0.505 e. The molecule has 0 atom stereocenters. The van der Waals surface area contributed by atoms with E-state index in [0.29, 0.717) is 22.6 Å². The van der Waals surface area contributed by atoms with Crippen LogP contribution in [0, 0.1) is 20.8 Å². The Labute approximate surface area is 228 Å². The predicted octanol–water partition coefficient (Wildman–Crippen LogP) is 7.18. The van der Waals surface area contributed by atoms with Crippen molar-refractivity contribution in [3.05, 3.63) is 77.6 Å². The highest BCUT2D eigenvalue weighted by Gasteiger charge is 2.25. The molecule has 0 aliphatic rings. The van der Waals surface area contributed by atoms with Gasteiger partial charge in [0.25, 0.3) is 16.0 Å². The summed E-state index contributed by atoms with van der Waals surface area (Å²) < 4.78 is 39.9. The average molecular weight is 558 g/mol. The first-order valence-electron chi connectivity index (χ1n) is 11.9. The summed E-state index contributed by atoms with van der Waals surface area (Å²) in [6.45, 7) is 5.29. The number of benzene rings is 4. The van der Waals surface area contributed by atoms with E-state index in [1.54, 1.807) is 56.3 Å². The molecule has 4 aromatic carbocycles. The highest BCUT2D eigenvalue weighted by atomic mass is 32.2. The number of anilines is 1. The third-order valence-electron chi connectivity index (χ3n) is 6.07. The van der Waals surface area contributed by atoms with E-state index < -0.39 is 26.5 Å². The maximum atomic E-state index is 12.3. The molecule has 0 unspecified atom stereocenters. The summed E-state index contributed by atoms with van der Waals surface area (Å²) in [6, 6.07) is 16.8. The molecular formula is C27H23N7O5S. The smallest absolute Gasteiger partial charge is 0.296 e. The second-order valence-electron chi connectivity index (χ2n) is 9.00. The zero-order valence-electron chi connectivity index (χ0n) is 21.6. The molecule has 5 aromatic rings. The highest BCUT2D eigenvalue weighted by molar-refractivity contribution is 7.86. The monoisotopic (exact) mass is 557 g/mol. The molecule has 0 saturated carbocycles. The molecule has 202 valence electrons. The van der Waals surface area contributed by atoms with Crippen molar-refractivity contribution in [2.45, 2.75) is 25.7 Å². The summed E-state index contributed by atoms with van der Waals surface area (Å²) in [6.07, 6.45) is 0. The maximum absolute atomic E-state index is 12.3. The second-order valence-corrected chi connectivity index (χ2v) is 10.4. The lowest BCUT2D eigenvalue weighted by molar-refractivity contribution is 0.425. The van der Waals surface area contributed by atoms with E-state index in [2.05, 4.69) is 30.6 Å². The van der Waals surface area contributed by atoms with Crippen molar-refractivity contribution >= 4 is 49.3 Å². The van der Waals surface area contributed by atoms with Crippen LogP contribution in [0.3, 0.4) is 0 Å². The number of aromatic hydroxyl groups is 1. The van der Waals surface area contributed by atoms with Crippen molar-refractivity contribution in [1.82, 2.24) is 10.1 Å². The number of hydrogen-bond acceptors (Lipinski definition) is 11. The van der Waals surface area contributed by atoms with Gasteiger partial charge in [0.1, 0.15) is 16.3 Å². The Kier molecular flexibility index (Phi) is 6.83. The predicted molar refractivity (Wildman–Crippen MR) is 149 cm³/mol. The van der Waals surface area contributed by atoms with Gasteiger partial charge in [-0.2, -0.15) is 18.5 Å². The largest absolute Gasteiger partial charge is 0.505 e. The van der Waals surface area contributed by atoms with Gasteiger partial charge in [0.2, 0.25) is 0 Å². The van der Waals surface area contributed by atoms with Crippen LogP contribution >= 0.6 is 0 Å². The molecule has 40 heavy (non-hydrogen) atoms. The fourth-order valence-corrected chi connectivity index (χ4v) is 4.71. The van der Waals surface area contributed by atoms with Gasteiger partial charge in [0.15, 0.2) is 11.6 Å². The number of rotatable bonds is 6. The Hall–Kier alpha value is -5.01. The van der Waals surface area contributed by atoms with E-state index in [0.717, 1.165) is 5.56 Å². The highest BCUT2D eigenvalue weighted by Crippen LogP contribution is 2.47. The summed E-state index contributed by atoms with van der Waals surface area (Å²) in [5.74, 6) is -0.0232. The van der Waals surface area contributed by atoms with Crippen molar-refractivity contribution in [2.75, 3.05) is 5.73 Å². The topological polar surface area (TPSA) is 189 Å². The second kappa shape index (κ2) is 10.3. The van der Waals surface area contributed by atoms with Gasteiger partial charge in [0.05, 0.1) is 28.0 Å². The summed E-state index contributed by atoms with van der Waals surface area (Å²) in [5, 5.41) is 32.0. The van der Waals surface area contributed by atoms with Crippen LogP contribution in [-0.2, 0) is 10.1 Å². The molecule has 0 aliphatic heterocycles. The first-order valence-corrected chi connectivity index (χ1v) is 13.3. The van der Waals surface area contributed by atoms with Gasteiger partial charge in [0, 0.05) is 0 Å². The van der Waals surface area contributed by atoms with Crippen molar-refractivity contribution in [3.8, 4) is 17.2 Å². The van der Waals surface area contributed by atoms with Gasteiger partial charge in [-0.05, 0) is 68.1 Å². The van der Waals surface area contributed by atoms with Crippen LogP contribution in [0.5, 0.6) is 5.75 Å². The van der Waals surface area contributed by atoms with Crippen molar-refractivity contribution in [2.24, 2.45) is 20.5 Å². The quantitative estimate of drug-likeness (QED) is 0.111. The fourth-order valence-electron chi connectivity index (χ4n) is 4.06. The molecule has 0 amide bonds. The number of phenols is 1. The minimum absolute atomic E-state index is 0.0361. The number of nitrogens with two attached hydrogens (primary N) is 1. The lowest BCUT2D eigenvalue weighted by atomic mass is 10.0. The Balaban J connectivity index is 1.68. The lowest BCUT2D eigenvalue weighted by Crippen LogP contribution is -2.00. The molecule has 0 spiro atoms. The number of azo groups is 2. The Morgan fingerprint density at radius 2 is 1.60 bits per heavy atom. The Morgan fingerprint density at radius 3 is 2.27 bits per heavy atom. The number of aromatic nitrogens is 2. The van der Waals surface area contributed by atoms with Crippen LogP contribution in [0.1, 0.15) is 17.0 Å². The van der Waals surface area contributed by atoms with Crippen LogP contribution in [0.4, 0.5) is 28.4 Å². The molecule has 0 fully saturated rings. The van der Waals surface area contributed by atoms with Gasteiger partial charge >= 0.3 is 0 Å². The van der Waals surface area contributed by atoms with E-state index in [1.165, 1.54) is 6.07 Å². The van der Waals surface area contributed by atoms with Gasteiger partial charge in [-0.1, -0.05) is 35.0 Å². The Bertz CT molecular complexity index is 1930. The van der Waals surface area contributed by atoms with Gasteiger partial charge in [-0.15, -0.1) is 15.3 Å². The average Bonchev–Trinajstić information content (AvgIpc) is 3.35. The number of phenolic OH excluding ortho intramolecular Hbond substituents is 1.